The van der Waals surface area contributed by atoms with Gasteiger partial charge in [0.25, 0.3) is 0 Å². The molecule has 172 valence electrons. The Kier molecular flexibility index (Phi) is 5.25. The molecule has 0 aliphatic rings. The molecule has 3 aromatic carbocycles. The van der Waals surface area contributed by atoms with Crippen molar-refractivity contribution in [3.05, 3.63) is 101 Å². The second-order valence-corrected chi connectivity index (χ2v) is 9.24. The Bertz CT molecular complexity index is 1700. The third kappa shape index (κ3) is 3.65. The van der Waals surface area contributed by atoms with Gasteiger partial charge in [0.2, 0.25) is 0 Å². The van der Waals surface area contributed by atoms with Crippen LogP contribution in [0.2, 0.25) is 10.0 Å². The number of rotatable bonds is 4. The first kappa shape index (κ1) is 21.7. The molecule has 2 N–H and O–H groups in total. The quantitative estimate of drug-likeness (QED) is 0.336. The van der Waals surface area contributed by atoms with Crippen molar-refractivity contribution in [3.63, 3.8) is 0 Å². The lowest BCUT2D eigenvalue weighted by Crippen LogP contribution is -2.15. The molecule has 35 heavy (non-hydrogen) atoms. The van der Waals surface area contributed by atoms with Gasteiger partial charge in [-0.15, -0.1) is 5.10 Å². The smallest absolute Gasteiger partial charge is 0.188 e. The number of hydrogen-bond acceptors (Lipinski definition) is 5. The first-order chi connectivity index (χ1) is 17.0. The van der Waals surface area contributed by atoms with Crippen LogP contribution in [0.15, 0.2) is 79.3 Å². The fourth-order valence-corrected chi connectivity index (χ4v) is 4.87. The van der Waals surface area contributed by atoms with Crippen LogP contribution < -0.4 is 5.73 Å². The zero-order valence-corrected chi connectivity index (χ0v) is 20.1. The number of aryl methyl sites for hydroxylation is 1. The van der Waals surface area contributed by atoms with Crippen LogP contribution in [0, 0.1) is 0 Å². The highest BCUT2D eigenvalue weighted by Crippen LogP contribution is 2.42. The van der Waals surface area contributed by atoms with E-state index in [0.29, 0.717) is 15.7 Å². The average molecular weight is 500 g/mol. The summed E-state index contributed by atoms with van der Waals surface area (Å²) in [7, 11) is 1.93. The van der Waals surface area contributed by atoms with E-state index in [4.69, 9.17) is 28.9 Å². The number of pyridine rings is 1. The van der Waals surface area contributed by atoms with Crippen molar-refractivity contribution < 1.29 is 0 Å². The Balaban J connectivity index is 1.73. The molecule has 3 aromatic heterocycles. The maximum Gasteiger partial charge on any atom is 0.188 e. The van der Waals surface area contributed by atoms with E-state index >= 15 is 0 Å². The maximum absolute atomic E-state index is 6.68. The summed E-state index contributed by atoms with van der Waals surface area (Å²) in [5.41, 5.74) is 13.8. The van der Waals surface area contributed by atoms with Crippen molar-refractivity contribution in [3.8, 4) is 22.3 Å². The van der Waals surface area contributed by atoms with E-state index in [1.165, 1.54) is 0 Å². The number of nitrogens with zero attached hydrogens (tertiary/aromatic N) is 6. The molecule has 0 saturated heterocycles. The van der Waals surface area contributed by atoms with E-state index in [1.54, 1.807) is 17.0 Å². The largest absolute Gasteiger partial charge is 0.336 e. The zero-order chi connectivity index (χ0) is 24.1. The molecule has 6 rings (SSSR count). The second-order valence-electron chi connectivity index (χ2n) is 8.37. The summed E-state index contributed by atoms with van der Waals surface area (Å²) in [6.07, 6.45) is 3.54. The summed E-state index contributed by atoms with van der Waals surface area (Å²) in [6, 6.07) is 21.2. The predicted molar refractivity (Wildman–Crippen MR) is 138 cm³/mol. The van der Waals surface area contributed by atoms with Crippen LogP contribution in [0.5, 0.6) is 0 Å². The topological polar surface area (TPSA) is 86.9 Å². The van der Waals surface area contributed by atoms with Gasteiger partial charge in [0.05, 0.1) is 29.8 Å². The molecular formula is C26H19Cl2N7. The molecule has 1 unspecified atom stereocenters. The third-order valence-electron chi connectivity index (χ3n) is 6.24. The molecule has 3 heterocycles. The van der Waals surface area contributed by atoms with E-state index in [1.807, 2.05) is 72.3 Å². The van der Waals surface area contributed by atoms with E-state index in [2.05, 4.69) is 26.6 Å². The maximum atomic E-state index is 6.68. The average Bonchev–Trinajstić information content (AvgIpc) is 3.52. The van der Waals surface area contributed by atoms with Crippen LogP contribution in [0.25, 0.3) is 38.8 Å². The van der Waals surface area contributed by atoms with Gasteiger partial charge in [0.15, 0.2) is 5.65 Å². The third-order valence-corrected chi connectivity index (χ3v) is 6.73. The lowest BCUT2D eigenvalue weighted by atomic mass is 9.90. The highest BCUT2D eigenvalue weighted by Gasteiger charge is 2.22. The normalized spacial score (nSPS) is 12.5. The number of fused-ring (bicyclic) bond motifs is 3. The van der Waals surface area contributed by atoms with Crippen molar-refractivity contribution in [1.82, 2.24) is 29.6 Å². The van der Waals surface area contributed by atoms with E-state index < -0.39 is 0 Å². The monoisotopic (exact) mass is 499 g/mol. The van der Waals surface area contributed by atoms with Crippen molar-refractivity contribution >= 4 is 39.8 Å². The van der Waals surface area contributed by atoms with Crippen LogP contribution in [0.4, 0.5) is 0 Å². The molecule has 0 amide bonds. The highest BCUT2D eigenvalue weighted by molar-refractivity contribution is 6.31. The van der Waals surface area contributed by atoms with Gasteiger partial charge in [-0.25, -0.2) is 4.98 Å². The SMILES string of the molecule is Cn1cncc1C(N)c1ccc2c(c1)c(-c1cccc(Cl)c1)c(-c1ccc(Cl)cc1)c1nnnn12. The summed E-state index contributed by atoms with van der Waals surface area (Å²) in [5, 5.41) is 14.9. The molecule has 1 atom stereocenters. The van der Waals surface area contributed by atoms with E-state index in [0.717, 1.165) is 44.4 Å². The van der Waals surface area contributed by atoms with E-state index in [9.17, 15) is 0 Å². The number of aromatic nitrogens is 6. The second kappa shape index (κ2) is 8.46. The Morgan fingerprint density at radius 1 is 0.886 bits per heavy atom. The van der Waals surface area contributed by atoms with E-state index in [-0.39, 0.29) is 6.04 Å². The molecule has 0 spiro atoms. The molecule has 0 radical (unpaired) electrons. The zero-order valence-electron chi connectivity index (χ0n) is 18.6. The first-order valence-electron chi connectivity index (χ1n) is 10.9. The molecule has 0 bridgehead atoms. The number of nitrogens with two attached hydrogens (primary N) is 1. The molecule has 0 fully saturated rings. The Morgan fingerprint density at radius 3 is 2.46 bits per heavy atom. The first-order valence-corrected chi connectivity index (χ1v) is 11.7. The fourth-order valence-electron chi connectivity index (χ4n) is 4.56. The van der Waals surface area contributed by atoms with Crippen LogP contribution in [0.1, 0.15) is 17.3 Å². The minimum absolute atomic E-state index is 0.359. The Morgan fingerprint density at radius 2 is 1.71 bits per heavy atom. The summed E-state index contributed by atoms with van der Waals surface area (Å²) in [5.74, 6) is 0. The van der Waals surface area contributed by atoms with Gasteiger partial charge >= 0.3 is 0 Å². The number of imidazole rings is 1. The Labute approximate surface area is 210 Å². The van der Waals surface area contributed by atoms with Gasteiger partial charge in [-0.2, -0.15) is 4.52 Å². The van der Waals surface area contributed by atoms with Gasteiger partial charge in [-0.1, -0.05) is 53.5 Å². The standard InChI is InChI=1S/C26H19Cl2N7/c1-34-14-30-13-22(34)25(29)17-7-10-21-20(12-17)23(16-3-2-4-19(28)11-16)24(26-31-32-33-35(21)26)15-5-8-18(27)9-6-15/h2-14,25H,29H2,1H3. The van der Waals surface area contributed by atoms with Gasteiger partial charge in [0, 0.05) is 33.6 Å². The van der Waals surface area contributed by atoms with Gasteiger partial charge < -0.3 is 10.3 Å². The van der Waals surface area contributed by atoms with Crippen LogP contribution >= 0.6 is 23.2 Å². The fraction of sp³-hybridized carbons (Fsp3) is 0.0769. The number of hydrogen-bond donors (Lipinski definition) is 1. The number of halogens is 2. The summed E-state index contributed by atoms with van der Waals surface area (Å²) >= 11 is 12.6. The minimum atomic E-state index is -0.359. The number of tetrazole rings is 1. The molecule has 0 aliphatic heterocycles. The van der Waals surface area contributed by atoms with Gasteiger partial charge in [-0.3, -0.25) is 0 Å². The van der Waals surface area contributed by atoms with Crippen LogP contribution in [-0.4, -0.2) is 29.6 Å². The molecular weight excluding hydrogens is 481 g/mol. The summed E-state index contributed by atoms with van der Waals surface area (Å²) in [6.45, 7) is 0. The van der Waals surface area contributed by atoms with Crippen molar-refractivity contribution in [2.24, 2.45) is 12.8 Å². The molecule has 0 aliphatic carbocycles. The Hall–Kier alpha value is -3.78. The summed E-state index contributed by atoms with van der Waals surface area (Å²) < 4.78 is 3.68. The van der Waals surface area contributed by atoms with Crippen LogP contribution in [0.3, 0.4) is 0 Å². The molecule has 6 aromatic rings. The van der Waals surface area contributed by atoms with Crippen molar-refractivity contribution in [1.29, 1.82) is 0 Å². The minimum Gasteiger partial charge on any atom is -0.336 e. The van der Waals surface area contributed by atoms with Gasteiger partial charge in [0.1, 0.15) is 0 Å². The molecule has 9 heteroatoms. The van der Waals surface area contributed by atoms with Crippen molar-refractivity contribution in [2.45, 2.75) is 6.04 Å². The lowest BCUT2D eigenvalue weighted by Gasteiger charge is -2.18. The van der Waals surface area contributed by atoms with Crippen molar-refractivity contribution in [2.75, 3.05) is 0 Å². The predicted octanol–water partition coefficient (Wildman–Crippen LogP) is 5.70. The highest BCUT2D eigenvalue weighted by atomic mass is 35.5. The molecule has 0 saturated carbocycles. The lowest BCUT2D eigenvalue weighted by molar-refractivity contribution is 0.746. The molecule has 7 nitrogen and oxygen atoms in total. The van der Waals surface area contributed by atoms with Crippen LogP contribution in [-0.2, 0) is 7.05 Å². The number of benzene rings is 3. The summed E-state index contributed by atoms with van der Waals surface area (Å²) in [4.78, 5) is 4.23. The van der Waals surface area contributed by atoms with Gasteiger partial charge in [-0.05, 0) is 63.5 Å².